The maximum absolute atomic E-state index is 12.1. The van der Waals surface area contributed by atoms with Gasteiger partial charge in [-0.15, -0.1) is 0 Å². The molecule has 18 heavy (non-hydrogen) atoms. The fourth-order valence-electron chi connectivity index (χ4n) is 2.09. The highest BCUT2D eigenvalue weighted by atomic mass is 16.3. The molecule has 96 valence electrons. The van der Waals surface area contributed by atoms with E-state index in [0.29, 0.717) is 13.1 Å². The van der Waals surface area contributed by atoms with E-state index in [4.69, 9.17) is 4.42 Å². The largest absolute Gasteiger partial charge is 0.472 e. The molecule has 4 heteroatoms. The minimum absolute atomic E-state index is 0.142. The molecule has 0 bridgehead atoms. The first-order valence-corrected chi connectivity index (χ1v) is 5.95. The van der Waals surface area contributed by atoms with Gasteiger partial charge in [0.2, 0.25) is 0 Å². The van der Waals surface area contributed by atoms with Crippen molar-refractivity contribution in [2.24, 2.45) is 0 Å². The molecule has 2 heterocycles. The maximum Gasteiger partial charge on any atom is 0.178 e. The number of likely N-dealkylation sites (N-methyl/N-ethyl adjacent to an activating group) is 1. The number of aryl methyl sites for hydroxylation is 2. The predicted molar refractivity (Wildman–Crippen MR) is 69.6 cm³/mol. The average Bonchev–Trinajstić information content (AvgIpc) is 2.88. The molecule has 0 atom stereocenters. The van der Waals surface area contributed by atoms with Gasteiger partial charge >= 0.3 is 0 Å². The van der Waals surface area contributed by atoms with Crippen molar-refractivity contribution >= 4 is 5.78 Å². The van der Waals surface area contributed by atoms with Crippen molar-refractivity contribution in [3.8, 4) is 0 Å². The Morgan fingerprint density at radius 1 is 1.44 bits per heavy atom. The van der Waals surface area contributed by atoms with Crippen LogP contribution in [0.5, 0.6) is 0 Å². The number of aromatic amines is 1. The summed E-state index contributed by atoms with van der Waals surface area (Å²) >= 11 is 0. The summed E-state index contributed by atoms with van der Waals surface area (Å²) in [7, 11) is 1.93. The van der Waals surface area contributed by atoms with Gasteiger partial charge in [0.1, 0.15) is 0 Å². The highest BCUT2D eigenvalue weighted by molar-refractivity contribution is 5.98. The number of hydrogen-bond donors (Lipinski definition) is 1. The molecule has 2 aromatic heterocycles. The lowest BCUT2D eigenvalue weighted by Crippen LogP contribution is -2.25. The number of H-pyrrole nitrogens is 1. The zero-order valence-corrected chi connectivity index (χ0v) is 11.0. The third-order valence-electron chi connectivity index (χ3n) is 2.90. The molecule has 1 N–H and O–H groups in total. The van der Waals surface area contributed by atoms with E-state index in [9.17, 15) is 4.79 Å². The molecule has 2 rings (SSSR count). The second kappa shape index (κ2) is 5.23. The molecule has 0 fully saturated rings. The lowest BCUT2D eigenvalue weighted by molar-refractivity contribution is 0.0942. The molecule has 0 saturated heterocycles. The highest BCUT2D eigenvalue weighted by Gasteiger charge is 2.14. The first kappa shape index (κ1) is 12.6. The van der Waals surface area contributed by atoms with E-state index in [1.54, 1.807) is 12.5 Å². The Balaban J connectivity index is 1.97. The molecule has 0 amide bonds. The number of ketones is 1. The van der Waals surface area contributed by atoms with Gasteiger partial charge in [0.25, 0.3) is 0 Å². The smallest absolute Gasteiger partial charge is 0.178 e. The Hall–Kier alpha value is -1.81. The van der Waals surface area contributed by atoms with Crippen LogP contribution in [0.1, 0.15) is 27.3 Å². The van der Waals surface area contributed by atoms with Crippen molar-refractivity contribution in [2.45, 2.75) is 20.4 Å². The topological polar surface area (TPSA) is 49.2 Å². The van der Waals surface area contributed by atoms with Gasteiger partial charge in [-0.2, -0.15) is 0 Å². The lowest BCUT2D eigenvalue weighted by Gasteiger charge is -2.14. The quantitative estimate of drug-likeness (QED) is 0.825. The molecule has 0 spiro atoms. The van der Waals surface area contributed by atoms with E-state index < -0.39 is 0 Å². The molecular formula is C14H18N2O2. The normalized spacial score (nSPS) is 11.1. The number of hydrogen-bond acceptors (Lipinski definition) is 3. The van der Waals surface area contributed by atoms with Gasteiger partial charge in [-0.3, -0.25) is 9.69 Å². The van der Waals surface area contributed by atoms with Gasteiger partial charge in [0.15, 0.2) is 5.78 Å². The van der Waals surface area contributed by atoms with Gasteiger partial charge in [-0.1, -0.05) is 0 Å². The van der Waals surface area contributed by atoms with Crippen LogP contribution >= 0.6 is 0 Å². The standard InChI is InChI=1S/C14H18N2O2/c1-10-6-13(11(2)15-10)14(17)8-16(3)7-12-4-5-18-9-12/h4-6,9,15H,7-8H2,1-3H3. The maximum atomic E-state index is 12.1. The second-order valence-electron chi connectivity index (χ2n) is 4.72. The Morgan fingerprint density at radius 3 is 2.78 bits per heavy atom. The first-order chi connectivity index (χ1) is 8.56. The Morgan fingerprint density at radius 2 is 2.22 bits per heavy atom. The fourth-order valence-corrected chi connectivity index (χ4v) is 2.09. The number of furan rings is 1. The van der Waals surface area contributed by atoms with Crippen LogP contribution in [0.4, 0.5) is 0 Å². The molecule has 0 aromatic carbocycles. The van der Waals surface area contributed by atoms with Crippen molar-refractivity contribution in [3.05, 3.63) is 47.2 Å². The second-order valence-corrected chi connectivity index (χ2v) is 4.72. The average molecular weight is 246 g/mol. The Bertz CT molecular complexity index is 526. The third-order valence-corrected chi connectivity index (χ3v) is 2.90. The van der Waals surface area contributed by atoms with Crippen molar-refractivity contribution < 1.29 is 9.21 Å². The van der Waals surface area contributed by atoms with Gasteiger partial charge in [0.05, 0.1) is 19.1 Å². The van der Waals surface area contributed by atoms with Crippen LogP contribution < -0.4 is 0 Å². The minimum Gasteiger partial charge on any atom is -0.472 e. The van der Waals surface area contributed by atoms with Crippen LogP contribution in [0.25, 0.3) is 0 Å². The van der Waals surface area contributed by atoms with Crippen LogP contribution in [-0.4, -0.2) is 29.3 Å². The van der Waals surface area contributed by atoms with E-state index >= 15 is 0 Å². The SMILES string of the molecule is Cc1cc(C(=O)CN(C)Cc2ccoc2)c(C)[nH]1. The van der Waals surface area contributed by atoms with Crippen LogP contribution in [-0.2, 0) is 6.54 Å². The van der Waals surface area contributed by atoms with Crippen molar-refractivity contribution in [1.82, 2.24) is 9.88 Å². The molecule has 0 radical (unpaired) electrons. The van der Waals surface area contributed by atoms with E-state index in [2.05, 4.69) is 4.98 Å². The van der Waals surface area contributed by atoms with E-state index in [0.717, 1.165) is 22.5 Å². The van der Waals surface area contributed by atoms with Gasteiger partial charge in [-0.25, -0.2) is 0 Å². The number of Topliss-reactive ketones (excluding diaryl/α,β-unsaturated/α-hetero) is 1. The number of aromatic nitrogens is 1. The highest BCUT2D eigenvalue weighted by Crippen LogP contribution is 2.11. The van der Waals surface area contributed by atoms with Crippen LogP contribution in [0.15, 0.2) is 29.1 Å². The van der Waals surface area contributed by atoms with Crippen molar-refractivity contribution in [3.63, 3.8) is 0 Å². The molecule has 2 aromatic rings. The molecule has 0 aliphatic carbocycles. The zero-order valence-electron chi connectivity index (χ0n) is 11.0. The third kappa shape index (κ3) is 2.90. The zero-order chi connectivity index (χ0) is 13.1. The molecule has 0 aliphatic rings. The van der Waals surface area contributed by atoms with Crippen molar-refractivity contribution in [1.29, 1.82) is 0 Å². The summed E-state index contributed by atoms with van der Waals surface area (Å²) < 4.78 is 5.01. The summed E-state index contributed by atoms with van der Waals surface area (Å²) in [5.74, 6) is 0.142. The van der Waals surface area contributed by atoms with Gasteiger partial charge in [-0.05, 0) is 33.0 Å². The monoisotopic (exact) mass is 246 g/mol. The molecule has 4 nitrogen and oxygen atoms in total. The number of carbonyl (C=O) groups is 1. The number of carbonyl (C=O) groups excluding carboxylic acids is 1. The van der Waals surface area contributed by atoms with E-state index in [1.807, 2.05) is 37.9 Å². The Kier molecular flexibility index (Phi) is 3.67. The molecule has 0 unspecified atom stereocenters. The predicted octanol–water partition coefficient (Wildman–Crippen LogP) is 2.54. The van der Waals surface area contributed by atoms with Crippen LogP contribution in [0.3, 0.4) is 0 Å². The molecular weight excluding hydrogens is 228 g/mol. The Labute approximate surface area is 107 Å². The summed E-state index contributed by atoms with van der Waals surface area (Å²) in [6, 6.07) is 3.82. The van der Waals surface area contributed by atoms with E-state index in [-0.39, 0.29) is 5.78 Å². The minimum atomic E-state index is 0.142. The lowest BCUT2D eigenvalue weighted by atomic mass is 10.1. The number of rotatable bonds is 5. The number of nitrogens with one attached hydrogen (secondary N) is 1. The summed E-state index contributed by atoms with van der Waals surface area (Å²) in [5.41, 5.74) is 3.82. The summed E-state index contributed by atoms with van der Waals surface area (Å²) in [5, 5.41) is 0. The summed E-state index contributed by atoms with van der Waals surface area (Å²) in [4.78, 5) is 17.3. The number of nitrogens with zero attached hydrogens (tertiary/aromatic N) is 1. The van der Waals surface area contributed by atoms with E-state index in [1.165, 1.54) is 0 Å². The van der Waals surface area contributed by atoms with Gasteiger partial charge in [0, 0.05) is 29.1 Å². The molecule has 0 saturated carbocycles. The van der Waals surface area contributed by atoms with Gasteiger partial charge < -0.3 is 9.40 Å². The van der Waals surface area contributed by atoms with Crippen LogP contribution in [0, 0.1) is 13.8 Å². The summed E-state index contributed by atoms with van der Waals surface area (Å²) in [6.45, 7) is 5.00. The van der Waals surface area contributed by atoms with Crippen LogP contribution in [0.2, 0.25) is 0 Å². The fraction of sp³-hybridized carbons (Fsp3) is 0.357. The molecule has 0 aliphatic heterocycles. The van der Waals surface area contributed by atoms with Crippen molar-refractivity contribution in [2.75, 3.05) is 13.6 Å². The first-order valence-electron chi connectivity index (χ1n) is 5.95. The summed E-state index contributed by atoms with van der Waals surface area (Å²) in [6.07, 6.45) is 3.34.